The summed E-state index contributed by atoms with van der Waals surface area (Å²) in [5, 5.41) is 10.4. The van der Waals surface area contributed by atoms with Crippen molar-refractivity contribution in [3.63, 3.8) is 0 Å². The number of halogens is 3. The molecule has 0 aliphatic carbocycles. The van der Waals surface area contributed by atoms with Gasteiger partial charge in [0.05, 0.1) is 17.9 Å². The molecule has 0 heterocycles. The van der Waals surface area contributed by atoms with Gasteiger partial charge in [-0.2, -0.15) is 13.2 Å². The highest BCUT2D eigenvalue weighted by Crippen LogP contribution is 2.25. The van der Waals surface area contributed by atoms with Crippen LogP contribution in [0.5, 0.6) is 5.75 Å². The normalized spacial score (nSPS) is 10.9. The Hall–Kier alpha value is -2.25. The summed E-state index contributed by atoms with van der Waals surface area (Å²) < 4.78 is 41.3. The fraction of sp³-hybridized carbons (Fsp3) is 0.273. The van der Waals surface area contributed by atoms with E-state index in [0.717, 1.165) is 12.1 Å². The van der Waals surface area contributed by atoms with Crippen LogP contribution in [0, 0.1) is 0 Å². The summed E-state index contributed by atoms with van der Waals surface area (Å²) in [4.78, 5) is 21.7. The first-order valence-electron chi connectivity index (χ1n) is 5.14. The number of anilines is 1. The van der Waals surface area contributed by atoms with Crippen molar-refractivity contribution in [2.24, 2.45) is 0 Å². The number of nitrogens with one attached hydrogen (secondary N) is 1. The zero-order chi connectivity index (χ0) is 14.6. The summed E-state index contributed by atoms with van der Waals surface area (Å²) >= 11 is 0. The van der Waals surface area contributed by atoms with Crippen molar-refractivity contribution in [1.82, 2.24) is 0 Å². The van der Waals surface area contributed by atoms with Crippen LogP contribution in [0.1, 0.15) is 17.3 Å². The van der Waals surface area contributed by atoms with E-state index < -0.39 is 29.3 Å². The van der Waals surface area contributed by atoms with E-state index in [2.05, 4.69) is 0 Å². The minimum Gasteiger partial charge on any atom is -0.494 e. The molecule has 0 saturated carbocycles. The molecule has 0 saturated heterocycles. The lowest BCUT2D eigenvalue weighted by atomic mass is 10.1. The summed E-state index contributed by atoms with van der Waals surface area (Å²) in [6.45, 7) is 1.94. The molecule has 19 heavy (non-hydrogen) atoms. The number of rotatable bonds is 4. The predicted molar refractivity (Wildman–Crippen MR) is 59.3 cm³/mol. The molecule has 0 fully saturated rings. The van der Waals surface area contributed by atoms with Gasteiger partial charge in [0.2, 0.25) is 0 Å². The number of hydrogen-bond acceptors (Lipinski definition) is 3. The number of carbonyl (C=O) groups is 2. The minimum atomic E-state index is -5.09. The van der Waals surface area contributed by atoms with Crippen LogP contribution < -0.4 is 10.1 Å². The fourth-order valence-corrected chi connectivity index (χ4v) is 1.26. The molecular weight excluding hydrogens is 267 g/mol. The molecule has 0 bridgehead atoms. The van der Waals surface area contributed by atoms with E-state index in [1.54, 1.807) is 6.92 Å². The Morgan fingerprint density at radius 2 is 2.00 bits per heavy atom. The van der Waals surface area contributed by atoms with Crippen molar-refractivity contribution in [3.8, 4) is 5.75 Å². The van der Waals surface area contributed by atoms with Crippen molar-refractivity contribution in [1.29, 1.82) is 0 Å². The predicted octanol–water partition coefficient (Wildman–Crippen LogP) is 2.28. The van der Waals surface area contributed by atoms with Crippen LogP contribution in [-0.4, -0.2) is 29.8 Å². The molecule has 0 aromatic heterocycles. The second-order valence-electron chi connectivity index (χ2n) is 3.40. The van der Waals surface area contributed by atoms with Crippen molar-refractivity contribution in [3.05, 3.63) is 23.8 Å². The first-order valence-corrected chi connectivity index (χ1v) is 5.14. The number of ether oxygens (including phenoxy) is 1. The van der Waals surface area contributed by atoms with Crippen LogP contribution in [0.3, 0.4) is 0 Å². The molecule has 104 valence electrons. The Balaban J connectivity index is 3.07. The Morgan fingerprint density at radius 3 is 2.47 bits per heavy atom. The van der Waals surface area contributed by atoms with E-state index in [1.807, 2.05) is 0 Å². The van der Waals surface area contributed by atoms with E-state index >= 15 is 0 Å². The smallest absolute Gasteiger partial charge is 0.471 e. The summed E-state index contributed by atoms with van der Waals surface area (Å²) in [5.74, 6) is -3.52. The quantitative estimate of drug-likeness (QED) is 0.885. The monoisotopic (exact) mass is 277 g/mol. The molecule has 5 nitrogen and oxygen atoms in total. The molecule has 0 aliphatic heterocycles. The van der Waals surface area contributed by atoms with Gasteiger partial charge < -0.3 is 15.2 Å². The van der Waals surface area contributed by atoms with Gasteiger partial charge in [-0.15, -0.1) is 0 Å². The maximum Gasteiger partial charge on any atom is 0.471 e. The number of amides is 1. The van der Waals surface area contributed by atoms with Crippen LogP contribution >= 0.6 is 0 Å². The van der Waals surface area contributed by atoms with Crippen molar-refractivity contribution >= 4 is 17.6 Å². The van der Waals surface area contributed by atoms with Gasteiger partial charge in [0.25, 0.3) is 0 Å². The van der Waals surface area contributed by atoms with E-state index in [1.165, 1.54) is 11.4 Å². The molecule has 1 aromatic carbocycles. The Kier molecular flexibility index (Phi) is 4.36. The summed E-state index contributed by atoms with van der Waals surface area (Å²) in [5.41, 5.74) is -0.929. The Labute approximate surface area is 106 Å². The van der Waals surface area contributed by atoms with E-state index in [4.69, 9.17) is 9.84 Å². The summed E-state index contributed by atoms with van der Waals surface area (Å²) in [7, 11) is 0. The molecule has 0 unspecified atom stereocenters. The van der Waals surface area contributed by atoms with Gasteiger partial charge in [-0.3, -0.25) is 4.79 Å². The number of aromatic carboxylic acids is 1. The number of carboxylic acids is 1. The number of benzene rings is 1. The van der Waals surface area contributed by atoms with Crippen molar-refractivity contribution in [2.75, 3.05) is 11.9 Å². The fourth-order valence-electron chi connectivity index (χ4n) is 1.26. The highest BCUT2D eigenvalue weighted by molar-refractivity contribution is 6.02. The Morgan fingerprint density at radius 1 is 1.37 bits per heavy atom. The van der Waals surface area contributed by atoms with Crippen LogP contribution in [0.4, 0.5) is 18.9 Å². The van der Waals surface area contributed by atoms with E-state index in [9.17, 15) is 22.8 Å². The third kappa shape index (κ3) is 3.87. The summed E-state index contributed by atoms with van der Waals surface area (Å²) in [6.07, 6.45) is -5.09. The lowest BCUT2D eigenvalue weighted by Gasteiger charge is -2.12. The zero-order valence-electron chi connectivity index (χ0n) is 9.75. The largest absolute Gasteiger partial charge is 0.494 e. The highest BCUT2D eigenvalue weighted by atomic mass is 19.4. The SMILES string of the molecule is CCOc1ccc(NC(=O)C(F)(F)F)c(C(=O)O)c1. The van der Waals surface area contributed by atoms with Gasteiger partial charge in [0.15, 0.2) is 0 Å². The molecule has 1 amide bonds. The second-order valence-corrected chi connectivity index (χ2v) is 3.40. The summed E-state index contributed by atoms with van der Waals surface area (Å²) in [6, 6.07) is 3.35. The molecular formula is C11H10F3NO4. The molecule has 1 aromatic rings. The highest BCUT2D eigenvalue weighted by Gasteiger charge is 2.39. The number of carboxylic acid groups (broad SMARTS) is 1. The standard InChI is InChI=1S/C11H10F3NO4/c1-2-19-6-3-4-8(7(5-6)9(16)17)15-10(18)11(12,13)14/h3-5H,2H2,1H3,(H,15,18)(H,16,17). The maximum atomic E-state index is 12.1. The third-order valence-electron chi connectivity index (χ3n) is 2.04. The number of alkyl halides is 3. The first-order chi connectivity index (χ1) is 8.75. The average Bonchev–Trinajstić information content (AvgIpc) is 2.29. The van der Waals surface area contributed by atoms with E-state index in [-0.39, 0.29) is 12.4 Å². The van der Waals surface area contributed by atoms with Crippen molar-refractivity contribution < 1.29 is 32.6 Å². The topological polar surface area (TPSA) is 75.6 Å². The van der Waals surface area contributed by atoms with Gasteiger partial charge in [-0.25, -0.2) is 4.79 Å². The van der Waals surface area contributed by atoms with Gasteiger partial charge >= 0.3 is 18.1 Å². The average molecular weight is 277 g/mol. The molecule has 2 N–H and O–H groups in total. The van der Waals surface area contributed by atoms with Gasteiger partial charge in [-0.05, 0) is 25.1 Å². The van der Waals surface area contributed by atoms with Gasteiger partial charge in [0.1, 0.15) is 5.75 Å². The maximum absolute atomic E-state index is 12.1. The molecule has 1 rings (SSSR count). The number of hydrogen-bond donors (Lipinski definition) is 2. The third-order valence-corrected chi connectivity index (χ3v) is 2.04. The van der Waals surface area contributed by atoms with Crippen LogP contribution in [0.15, 0.2) is 18.2 Å². The van der Waals surface area contributed by atoms with Gasteiger partial charge in [0, 0.05) is 0 Å². The van der Waals surface area contributed by atoms with Crippen LogP contribution in [0.25, 0.3) is 0 Å². The lowest BCUT2D eigenvalue weighted by Crippen LogP contribution is -2.30. The van der Waals surface area contributed by atoms with Crippen LogP contribution in [0.2, 0.25) is 0 Å². The first kappa shape index (κ1) is 14.8. The van der Waals surface area contributed by atoms with Crippen molar-refractivity contribution in [2.45, 2.75) is 13.1 Å². The molecule has 0 radical (unpaired) electrons. The van der Waals surface area contributed by atoms with Gasteiger partial charge in [-0.1, -0.05) is 0 Å². The Bertz CT molecular complexity index is 499. The molecule has 8 heteroatoms. The molecule has 0 atom stereocenters. The molecule has 0 aliphatic rings. The minimum absolute atomic E-state index is 0.185. The second kappa shape index (κ2) is 5.59. The molecule has 0 spiro atoms. The zero-order valence-corrected chi connectivity index (χ0v) is 9.75. The van der Waals surface area contributed by atoms with Crippen LogP contribution in [-0.2, 0) is 4.79 Å². The number of carbonyl (C=O) groups excluding carboxylic acids is 1. The lowest BCUT2D eigenvalue weighted by molar-refractivity contribution is -0.167. The van der Waals surface area contributed by atoms with E-state index in [0.29, 0.717) is 0 Å².